The molecule has 0 spiro atoms. The Bertz CT molecular complexity index is 493. The molecule has 5 heteroatoms. The van der Waals surface area contributed by atoms with Crippen LogP contribution in [-0.4, -0.2) is 37.0 Å². The highest BCUT2D eigenvalue weighted by molar-refractivity contribution is 5.78. The van der Waals surface area contributed by atoms with Crippen LogP contribution in [0.3, 0.4) is 0 Å². The van der Waals surface area contributed by atoms with Crippen molar-refractivity contribution in [1.29, 1.82) is 0 Å². The van der Waals surface area contributed by atoms with Gasteiger partial charge in [-0.3, -0.25) is 0 Å². The van der Waals surface area contributed by atoms with Crippen molar-refractivity contribution in [2.75, 3.05) is 20.3 Å². The standard InChI is InChI=1S/C16H22O5/c1-5-7-12-10-13(20-6-2)8-9-14(12)21-11-16(3,18)15(17)19-4/h5,8-10,18H,1,6-7,11H2,2-4H3. The van der Waals surface area contributed by atoms with Crippen molar-refractivity contribution < 1.29 is 24.1 Å². The number of esters is 1. The molecule has 1 aromatic rings. The number of carbonyl (C=O) groups excluding carboxylic acids is 1. The fraction of sp³-hybridized carbons (Fsp3) is 0.438. The molecule has 0 saturated heterocycles. The van der Waals surface area contributed by atoms with Crippen LogP contribution in [0.2, 0.25) is 0 Å². The van der Waals surface area contributed by atoms with Crippen molar-refractivity contribution in [3.63, 3.8) is 0 Å². The van der Waals surface area contributed by atoms with E-state index in [2.05, 4.69) is 11.3 Å². The Hall–Kier alpha value is -2.01. The minimum Gasteiger partial charge on any atom is -0.494 e. The van der Waals surface area contributed by atoms with Crippen LogP contribution in [0.15, 0.2) is 30.9 Å². The number of hydrogen-bond acceptors (Lipinski definition) is 5. The summed E-state index contributed by atoms with van der Waals surface area (Å²) in [6.45, 7) is 7.34. The summed E-state index contributed by atoms with van der Waals surface area (Å²) in [4.78, 5) is 11.4. The molecule has 1 unspecified atom stereocenters. The lowest BCUT2D eigenvalue weighted by atomic mass is 10.1. The largest absolute Gasteiger partial charge is 0.494 e. The maximum Gasteiger partial charge on any atom is 0.341 e. The van der Waals surface area contributed by atoms with Crippen LogP contribution in [-0.2, 0) is 16.0 Å². The van der Waals surface area contributed by atoms with Gasteiger partial charge in [-0.1, -0.05) is 6.08 Å². The monoisotopic (exact) mass is 294 g/mol. The van der Waals surface area contributed by atoms with E-state index in [0.717, 1.165) is 11.3 Å². The van der Waals surface area contributed by atoms with E-state index >= 15 is 0 Å². The Morgan fingerprint density at radius 1 is 1.43 bits per heavy atom. The van der Waals surface area contributed by atoms with Gasteiger partial charge in [0.15, 0.2) is 5.60 Å². The average molecular weight is 294 g/mol. The van der Waals surface area contributed by atoms with Crippen LogP contribution < -0.4 is 9.47 Å². The Balaban J connectivity index is 2.87. The molecule has 116 valence electrons. The molecule has 0 aliphatic carbocycles. The Labute approximate surface area is 125 Å². The van der Waals surface area contributed by atoms with Crippen LogP contribution >= 0.6 is 0 Å². The molecular formula is C16H22O5. The highest BCUT2D eigenvalue weighted by Gasteiger charge is 2.32. The minimum absolute atomic E-state index is 0.197. The maximum atomic E-state index is 11.4. The molecule has 0 radical (unpaired) electrons. The summed E-state index contributed by atoms with van der Waals surface area (Å²) < 4.78 is 15.5. The third kappa shape index (κ3) is 4.79. The zero-order valence-corrected chi connectivity index (χ0v) is 12.7. The molecule has 5 nitrogen and oxygen atoms in total. The summed E-state index contributed by atoms with van der Waals surface area (Å²) in [5, 5.41) is 9.96. The third-order valence-corrected chi connectivity index (χ3v) is 2.84. The first kappa shape index (κ1) is 17.0. The van der Waals surface area contributed by atoms with Gasteiger partial charge in [0, 0.05) is 5.56 Å². The minimum atomic E-state index is -1.70. The molecule has 0 aliphatic rings. The van der Waals surface area contributed by atoms with Crippen LogP contribution in [0.25, 0.3) is 0 Å². The van der Waals surface area contributed by atoms with Gasteiger partial charge in [0.25, 0.3) is 0 Å². The van der Waals surface area contributed by atoms with Gasteiger partial charge in [0.2, 0.25) is 0 Å². The van der Waals surface area contributed by atoms with Gasteiger partial charge in [-0.25, -0.2) is 4.79 Å². The van der Waals surface area contributed by atoms with E-state index < -0.39 is 11.6 Å². The van der Waals surface area contributed by atoms with Gasteiger partial charge in [-0.05, 0) is 38.5 Å². The molecule has 1 aromatic carbocycles. The molecule has 0 amide bonds. The lowest BCUT2D eigenvalue weighted by Gasteiger charge is -2.21. The first-order valence-corrected chi connectivity index (χ1v) is 6.74. The molecule has 0 bridgehead atoms. The summed E-state index contributed by atoms with van der Waals surface area (Å²) in [5.74, 6) is 0.572. The second-order valence-corrected chi connectivity index (χ2v) is 4.75. The van der Waals surface area contributed by atoms with Crippen LogP contribution in [0.4, 0.5) is 0 Å². The van der Waals surface area contributed by atoms with Gasteiger partial charge >= 0.3 is 5.97 Å². The fourth-order valence-corrected chi connectivity index (χ4v) is 1.77. The molecule has 0 heterocycles. The molecule has 0 aromatic heterocycles. The van der Waals surface area contributed by atoms with Crippen LogP contribution in [0, 0.1) is 0 Å². The van der Waals surface area contributed by atoms with Crippen LogP contribution in [0.1, 0.15) is 19.4 Å². The number of aliphatic hydroxyl groups is 1. The summed E-state index contributed by atoms with van der Waals surface area (Å²) in [6, 6.07) is 5.38. The Kier molecular flexibility index (Phi) is 6.24. The van der Waals surface area contributed by atoms with Crippen molar-refractivity contribution in [3.05, 3.63) is 36.4 Å². The second-order valence-electron chi connectivity index (χ2n) is 4.75. The van der Waals surface area contributed by atoms with E-state index in [4.69, 9.17) is 9.47 Å². The molecule has 1 N–H and O–H groups in total. The third-order valence-electron chi connectivity index (χ3n) is 2.84. The quantitative estimate of drug-likeness (QED) is 0.587. The number of benzene rings is 1. The molecule has 0 fully saturated rings. The highest BCUT2D eigenvalue weighted by Crippen LogP contribution is 2.26. The summed E-state index contributed by atoms with van der Waals surface area (Å²) in [7, 11) is 1.22. The zero-order valence-electron chi connectivity index (χ0n) is 12.7. The molecule has 0 aliphatic heterocycles. The maximum absolute atomic E-state index is 11.4. The number of carbonyl (C=O) groups is 1. The Morgan fingerprint density at radius 3 is 2.71 bits per heavy atom. The predicted molar refractivity (Wildman–Crippen MR) is 79.6 cm³/mol. The number of ether oxygens (including phenoxy) is 3. The van der Waals surface area contributed by atoms with E-state index in [0.29, 0.717) is 18.8 Å². The molecule has 0 saturated carbocycles. The summed E-state index contributed by atoms with van der Waals surface area (Å²) >= 11 is 0. The number of methoxy groups -OCH3 is 1. The number of hydrogen-bond donors (Lipinski definition) is 1. The molecule has 21 heavy (non-hydrogen) atoms. The molecule has 1 atom stereocenters. The Morgan fingerprint density at radius 2 is 2.14 bits per heavy atom. The SMILES string of the molecule is C=CCc1cc(OCC)ccc1OCC(C)(O)C(=O)OC. The molecular weight excluding hydrogens is 272 g/mol. The topological polar surface area (TPSA) is 65.0 Å². The van der Waals surface area contributed by atoms with E-state index in [1.165, 1.54) is 14.0 Å². The zero-order chi connectivity index (χ0) is 15.9. The summed E-state index contributed by atoms with van der Waals surface area (Å²) in [5.41, 5.74) is -0.824. The van der Waals surface area contributed by atoms with E-state index in [1.807, 2.05) is 13.0 Å². The van der Waals surface area contributed by atoms with E-state index in [-0.39, 0.29) is 6.61 Å². The van der Waals surface area contributed by atoms with Gasteiger partial charge in [0.05, 0.1) is 13.7 Å². The summed E-state index contributed by atoms with van der Waals surface area (Å²) in [6.07, 6.45) is 2.34. The lowest BCUT2D eigenvalue weighted by molar-refractivity contribution is -0.163. The smallest absolute Gasteiger partial charge is 0.341 e. The van der Waals surface area contributed by atoms with Gasteiger partial charge in [0.1, 0.15) is 18.1 Å². The lowest BCUT2D eigenvalue weighted by Crippen LogP contribution is -2.42. The highest BCUT2D eigenvalue weighted by atomic mass is 16.6. The van der Waals surface area contributed by atoms with Crippen molar-refractivity contribution in [2.24, 2.45) is 0 Å². The van der Waals surface area contributed by atoms with Gasteiger partial charge < -0.3 is 19.3 Å². The second kappa shape index (κ2) is 7.69. The predicted octanol–water partition coefficient (Wildman–Crippen LogP) is 2.12. The number of allylic oxidation sites excluding steroid dienone is 1. The van der Waals surface area contributed by atoms with Crippen molar-refractivity contribution in [2.45, 2.75) is 25.9 Å². The van der Waals surface area contributed by atoms with Crippen molar-refractivity contribution in [1.82, 2.24) is 0 Å². The number of rotatable bonds is 8. The van der Waals surface area contributed by atoms with E-state index in [1.54, 1.807) is 18.2 Å². The molecule has 1 rings (SSSR count). The fourth-order valence-electron chi connectivity index (χ4n) is 1.77. The van der Waals surface area contributed by atoms with Crippen molar-refractivity contribution >= 4 is 5.97 Å². The van der Waals surface area contributed by atoms with E-state index in [9.17, 15) is 9.90 Å². The normalized spacial score (nSPS) is 13.1. The first-order valence-electron chi connectivity index (χ1n) is 6.74. The first-order chi connectivity index (χ1) is 9.94. The van der Waals surface area contributed by atoms with Gasteiger partial charge in [-0.15, -0.1) is 6.58 Å². The van der Waals surface area contributed by atoms with Crippen LogP contribution in [0.5, 0.6) is 11.5 Å². The average Bonchev–Trinajstić information content (AvgIpc) is 2.46. The van der Waals surface area contributed by atoms with Gasteiger partial charge in [-0.2, -0.15) is 0 Å². The van der Waals surface area contributed by atoms with Crippen molar-refractivity contribution in [3.8, 4) is 11.5 Å².